The Balaban J connectivity index is 2.59. The van der Waals surface area contributed by atoms with E-state index in [4.69, 9.17) is 4.74 Å². The summed E-state index contributed by atoms with van der Waals surface area (Å²) in [6.45, 7) is 5.07. The van der Waals surface area contributed by atoms with E-state index in [9.17, 15) is 23.1 Å². The Hall–Kier alpha value is -1.93. The van der Waals surface area contributed by atoms with Gasteiger partial charge in [0.1, 0.15) is 0 Å². The lowest BCUT2D eigenvalue weighted by Gasteiger charge is -2.33. The molecule has 0 amide bonds. The van der Waals surface area contributed by atoms with Gasteiger partial charge in [-0.1, -0.05) is 0 Å². The van der Waals surface area contributed by atoms with Gasteiger partial charge in [0, 0.05) is 31.1 Å². The first kappa shape index (κ1) is 20.4. The first-order chi connectivity index (χ1) is 12.0. The third kappa shape index (κ3) is 3.76. The maximum Gasteiger partial charge on any atom is 0.421 e. The van der Waals surface area contributed by atoms with Crippen LogP contribution in [0.25, 0.3) is 0 Å². The van der Waals surface area contributed by atoms with Gasteiger partial charge in [-0.3, -0.25) is 4.79 Å². The molecule has 1 aromatic carbocycles. The minimum atomic E-state index is -4.79. The Morgan fingerprint density at radius 3 is 2.54 bits per heavy atom. The van der Waals surface area contributed by atoms with Crippen molar-refractivity contribution in [3.63, 3.8) is 0 Å². The first-order valence-electron chi connectivity index (χ1n) is 8.23. The van der Waals surface area contributed by atoms with Crippen molar-refractivity contribution in [3.8, 4) is 0 Å². The van der Waals surface area contributed by atoms with Crippen molar-refractivity contribution in [3.05, 3.63) is 28.8 Å². The molecule has 26 heavy (non-hydrogen) atoms. The fraction of sp³-hybridized carbons (Fsp3) is 0.556. The van der Waals surface area contributed by atoms with Crippen LogP contribution in [0.5, 0.6) is 0 Å². The van der Waals surface area contributed by atoms with E-state index in [1.54, 1.807) is 25.2 Å². The average Bonchev–Trinajstić information content (AvgIpc) is 2.89. The fourth-order valence-electron chi connectivity index (χ4n) is 2.97. The number of aliphatic hydroxyl groups is 1. The van der Waals surface area contributed by atoms with Crippen LogP contribution >= 0.6 is 0 Å². The molecule has 5 nitrogen and oxygen atoms in total. The number of aliphatic imine (C=N–C) groups is 1. The van der Waals surface area contributed by atoms with Crippen LogP contribution in [-0.4, -0.2) is 54.6 Å². The van der Waals surface area contributed by atoms with Crippen molar-refractivity contribution >= 4 is 18.3 Å². The maximum absolute atomic E-state index is 13.9. The number of halogens is 3. The summed E-state index contributed by atoms with van der Waals surface area (Å²) in [5.41, 5.74) is -3.93. The Kier molecular flexibility index (Phi) is 5.49. The topological polar surface area (TPSA) is 62.1 Å². The number of ether oxygens (including phenoxy) is 1. The maximum atomic E-state index is 13.9. The number of hydrogen-bond acceptors (Lipinski definition) is 4. The molecule has 1 fully saturated rings. The standard InChI is InChI=1S/C18H23F3N2O3/c1-5-23(4)11-22-15-7-13(8-24)14(6-12(15)2)17(18(19,20)21)9-16(3,25)10-26-17/h6-8,11,25H,5,9-10H2,1-4H3. The van der Waals surface area contributed by atoms with Crippen LogP contribution in [0.1, 0.15) is 41.8 Å². The van der Waals surface area contributed by atoms with Crippen LogP contribution in [0.3, 0.4) is 0 Å². The molecule has 1 aliphatic heterocycles. The zero-order valence-electron chi connectivity index (χ0n) is 15.2. The molecule has 2 atom stereocenters. The van der Waals surface area contributed by atoms with Gasteiger partial charge in [-0.25, -0.2) is 4.99 Å². The number of carbonyl (C=O) groups excluding carboxylic acids is 1. The highest BCUT2D eigenvalue weighted by Crippen LogP contribution is 2.52. The number of alkyl halides is 3. The largest absolute Gasteiger partial charge is 0.421 e. The number of rotatable bonds is 5. The quantitative estimate of drug-likeness (QED) is 0.489. The summed E-state index contributed by atoms with van der Waals surface area (Å²) in [5.74, 6) is 0. The van der Waals surface area contributed by atoms with E-state index in [1.165, 1.54) is 19.1 Å². The van der Waals surface area contributed by atoms with Crippen molar-refractivity contribution in [2.24, 2.45) is 4.99 Å². The van der Waals surface area contributed by atoms with Gasteiger partial charge in [-0.05, 0) is 38.5 Å². The molecule has 0 spiro atoms. The second kappa shape index (κ2) is 7.00. The molecule has 0 radical (unpaired) electrons. The molecule has 1 heterocycles. The normalized spacial score (nSPS) is 26.5. The Labute approximate surface area is 150 Å². The van der Waals surface area contributed by atoms with Crippen LogP contribution in [0, 0.1) is 6.92 Å². The smallest absolute Gasteiger partial charge is 0.388 e. The molecular formula is C18H23F3N2O3. The molecule has 1 aliphatic rings. The molecule has 1 saturated heterocycles. The fourth-order valence-corrected chi connectivity index (χ4v) is 2.97. The molecular weight excluding hydrogens is 349 g/mol. The summed E-state index contributed by atoms with van der Waals surface area (Å²) in [7, 11) is 1.81. The van der Waals surface area contributed by atoms with Crippen LogP contribution in [0.4, 0.5) is 18.9 Å². The predicted molar refractivity (Wildman–Crippen MR) is 91.9 cm³/mol. The highest BCUT2D eigenvalue weighted by atomic mass is 19.4. The van der Waals surface area contributed by atoms with Crippen molar-refractivity contribution in [2.75, 3.05) is 20.2 Å². The lowest BCUT2D eigenvalue weighted by Crippen LogP contribution is -2.44. The van der Waals surface area contributed by atoms with Crippen molar-refractivity contribution < 1.29 is 27.8 Å². The van der Waals surface area contributed by atoms with Gasteiger partial charge >= 0.3 is 6.18 Å². The van der Waals surface area contributed by atoms with E-state index in [-0.39, 0.29) is 11.1 Å². The molecule has 1 N–H and O–H groups in total. The monoisotopic (exact) mass is 372 g/mol. The van der Waals surface area contributed by atoms with Crippen LogP contribution in [0.2, 0.25) is 0 Å². The van der Waals surface area contributed by atoms with Crippen molar-refractivity contribution in [1.82, 2.24) is 4.90 Å². The van der Waals surface area contributed by atoms with Crippen LogP contribution < -0.4 is 0 Å². The van der Waals surface area contributed by atoms with E-state index in [0.29, 0.717) is 24.1 Å². The van der Waals surface area contributed by atoms with Crippen LogP contribution in [0.15, 0.2) is 17.1 Å². The Bertz CT molecular complexity index is 716. The summed E-state index contributed by atoms with van der Waals surface area (Å²) in [6.07, 6.45) is -3.55. The van der Waals surface area contributed by atoms with E-state index in [1.807, 2.05) is 6.92 Å². The molecule has 2 unspecified atom stereocenters. The molecule has 0 saturated carbocycles. The summed E-state index contributed by atoms with van der Waals surface area (Å²) in [4.78, 5) is 17.6. The molecule has 144 valence electrons. The van der Waals surface area contributed by atoms with Gasteiger partial charge in [0.2, 0.25) is 0 Å². The van der Waals surface area contributed by atoms with Crippen molar-refractivity contribution in [1.29, 1.82) is 0 Å². The summed E-state index contributed by atoms with van der Waals surface area (Å²) in [5, 5.41) is 10.1. The van der Waals surface area contributed by atoms with Gasteiger partial charge in [-0.2, -0.15) is 13.2 Å². The third-order valence-corrected chi connectivity index (χ3v) is 4.54. The second-order valence-corrected chi connectivity index (χ2v) is 6.95. The van der Waals surface area contributed by atoms with Gasteiger partial charge in [0.15, 0.2) is 11.9 Å². The number of aldehydes is 1. The second-order valence-electron chi connectivity index (χ2n) is 6.95. The van der Waals surface area contributed by atoms with E-state index in [2.05, 4.69) is 4.99 Å². The Morgan fingerprint density at radius 1 is 1.42 bits per heavy atom. The predicted octanol–water partition coefficient (Wildman–Crippen LogP) is 3.35. The summed E-state index contributed by atoms with van der Waals surface area (Å²) < 4.78 is 46.8. The van der Waals surface area contributed by atoms with Crippen molar-refractivity contribution in [2.45, 2.75) is 44.6 Å². The Morgan fingerprint density at radius 2 is 2.08 bits per heavy atom. The van der Waals surface area contributed by atoms with E-state index >= 15 is 0 Å². The molecule has 0 bridgehead atoms. The third-order valence-electron chi connectivity index (χ3n) is 4.54. The lowest BCUT2D eigenvalue weighted by atomic mass is 9.82. The summed E-state index contributed by atoms with van der Waals surface area (Å²) in [6, 6.07) is 2.60. The number of nitrogens with zero attached hydrogens (tertiary/aromatic N) is 2. The molecule has 8 heteroatoms. The zero-order valence-corrected chi connectivity index (χ0v) is 15.2. The summed E-state index contributed by atoms with van der Waals surface area (Å²) >= 11 is 0. The van der Waals surface area contributed by atoms with E-state index < -0.39 is 30.4 Å². The number of benzene rings is 1. The minimum absolute atomic E-state index is 0.156. The number of hydrogen-bond donors (Lipinski definition) is 1. The SMILES string of the molecule is CCN(C)C=Nc1cc(C=O)c(C2(C(F)(F)F)CC(C)(O)CO2)cc1C. The van der Waals surface area contributed by atoms with Gasteiger partial charge in [-0.15, -0.1) is 0 Å². The molecule has 0 aromatic heterocycles. The highest BCUT2D eigenvalue weighted by Gasteiger charge is 2.64. The average molecular weight is 372 g/mol. The molecule has 2 rings (SSSR count). The highest BCUT2D eigenvalue weighted by molar-refractivity contribution is 5.81. The number of aryl methyl sites for hydroxylation is 1. The molecule has 1 aromatic rings. The van der Waals surface area contributed by atoms with Crippen LogP contribution in [-0.2, 0) is 10.3 Å². The number of carbonyl (C=O) groups is 1. The van der Waals surface area contributed by atoms with Gasteiger partial charge < -0.3 is 14.7 Å². The first-order valence-corrected chi connectivity index (χ1v) is 8.23. The zero-order chi connectivity index (χ0) is 19.8. The van der Waals surface area contributed by atoms with Gasteiger partial charge in [0.05, 0.1) is 24.2 Å². The van der Waals surface area contributed by atoms with E-state index in [0.717, 1.165) is 0 Å². The lowest BCUT2D eigenvalue weighted by molar-refractivity contribution is -0.269. The van der Waals surface area contributed by atoms with Gasteiger partial charge in [0.25, 0.3) is 0 Å². The minimum Gasteiger partial charge on any atom is -0.388 e. The molecule has 0 aliphatic carbocycles.